The first kappa shape index (κ1) is 27.0. The maximum Gasteiger partial charge on any atom is 0.264 e. The number of sulfonamides is 1. The molecular weight excluding hydrogens is 507 g/mol. The largest absolute Gasteiger partial charge is 0.354 e. The van der Waals surface area contributed by atoms with Gasteiger partial charge in [0.2, 0.25) is 5.91 Å². The Balaban J connectivity index is 1.69. The second-order valence-corrected chi connectivity index (χ2v) is 11.6. The fourth-order valence-corrected chi connectivity index (χ4v) is 6.14. The molecule has 0 spiro atoms. The minimum Gasteiger partial charge on any atom is -0.354 e. The SMILES string of the molecule is Cc1ccc(S(=O)(=O)N(CC(=O)NCCSCc2c(F)cccc2Cl)c2cc(C)cc(C)c2)cc1. The predicted octanol–water partition coefficient (Wildman–Crippen LogP) is 5.65. The first-order chi connectivity index (χ1) is 16.6. The number of benzene rings is 3. The van der Waals surface area contributed by atoms with Crippen molar-refractivity contribution in [2.45, 2.75) is 31.4 Å². The molecule has 3 aromatic carbocycles. The molecule has 0 atom stereocenters. The zero-order chi connectivity index (χ0) is 25.6. The quantitative estimate of drug-likeness (QED) is 0.341. The van der Waals surface area contributed by atoms with Gasteiger partial charge in [-0.15, -0.1) is 0 Å². The smallest absolute Gasteiger partial charge is 0.264 e. The van der Waals surface area contributed by atoms with Crippen molar-refractivity contribution in [3.05, 3.63) is 93.8 Å². The van der Waals surface area contributed by atoms with E-state index in [-0.39, 0.29) is 17.3 Å². The molecule has 9 heteroatoms. The van der Waals surface area contributed by atoms with Gasteiger partial charge in [-0.3, -0.25) is 9.10 Å². The number of carbonyl (C=O) groups excluding carboxylic acids is 1. The summed E-state index contributed by atoms with van der Waals surface area (Å²) in [7, 11) is -3.97. The van der Waals surface area contributed by atoms with Gasteiger partial charge in [-0.05, 0) is 68.3 Å². The van der Waals surface area contributed by atoms with Crippen LogP contribution in [0, 0.1) is 26.6 Å². The third-order valence-corrected chi connectivity index (χ3v) is 8.40. The molecule has 35 heavy (non-hydrogen) atoms. The first-order valence-electron chi connectivity index (χ1n) is 11.0. The summed E-state index contributed by atoms with van der Waals surface area (Å²) in [6.07, 6.45) is 0. The number of aryl methyl sites for hydroxylation is 3. The van der Waals surface area contributed by atoms with E-state index in [9.17, 15) is 17.6 Å². The lowest BCUT2D eigenvalue weighted by molar-refractivity contribution is -0.119. The fraction of sp³-hybridized carbons (Fsp3) is 0.269. The molecule has 0 fully saturated rings. The summed E-state index contributed by atoms with van der Waals surface area (Å²) >= 11 is 7.48. The van der Waals surface area contributed by atoms with Crippen LogP contribution in [0.25, 0.3) is 0 Å². The highest BCUT2D eigenvalue weighted by Crippen LogP contribution is 2.26. The Kier molecular flexibility index (Phi) is 9.21. The van der Waals surface area contributed by atoms with E-state index < -0.39 is 15.9 Å². The molecule has 0 aliphatic carbocycles. The molecule has 0 radical (unpaired) electrons. The second-order valence-electron chi connectivity index (χ2n) is 8.27. The standard InChI is InChI=1S/C26H28ClFN2O3S2/c1-18-7-9-22(10-8-18)35(32,33)30(21-14-19(2)13-20(3)15-21)16-26(31)29-11-12-34-17-23-24(27)5-4-6-25(23)28/h4-10,13-15H,11-12,16-17H2,1-3H3,(H,29,31). The van der Waals surface area contributed by atoms with Crippen LogP contribution >= 0.6 is 23.4 Å². The van der Waals surface area contributed by atoms with E-state index in [4.69, 9.17) is 11.6 Å². The van der Waals surface area contributed by atoms with Crippen LogP contribution in [0.15, 0.2) is 65.6 Å². The van der Waals surface area contributed by atoms with Crippen LogP contribution in [-0.2, 0) is 20.6 Å². The number of carbonyl (C=O) groups is 1. The van der Waals surface area contributed by atoms with Crippen molar-refractivity contribution in [2.75, 3.05) is 23.1 Å². The van der Waals surface area contributed by atoms with Crippen LogP contribution in [-0.4, -0.2) is 33.2 Å². The molecule has 0 bridgehead atoms. The predicted molar refractivity (Wildman–Crippen MR) is 142 cm³/mol. The van der Waals surface area contributed by atoms with E-state index >= 15 is 0 Å². The molecule has 186 valence electrons. The van der Waals surface area contributed by atoms with Crippen molar-refractivity contribution in [2.24, 2.45) is 0 Å². The minimum atomic E-state index is -3.97. The van der Waals surface area contributed by atoms with E-state index in [1.165, 1.54) is 17.8 Å². The maximum absolute atomic E-state index is 13.9. The number of hydrogen-bond acceptors (Lipinski definition) is 4. The molecule has 1 N–H and O–H groups in total. The van der Waals surface area contributed by atoms with Crippen LogP contribution < -0.4 is 9.62 Å². The topological polar surface area (TPSA) is 66.5 Å². The molecule has 3 aromatic rings. The third kappa shape index (κ3) is 7.22. The Morgan fingerprint density at radius 2 is 1.66 bits per heavy atom. The summed E-state index contributed by atoms with van der Waals surface area (Å²) in [6, 6.07) is 16.5. The maximum atomic E-state index is 13.9. The van der Waals surface area contributed by atoms with Gasteiger partial charge in [0.25, 0.3) is 10.0 Å². The van der Waals surface area contributed by atoms with Gasteiger partial charge >= 0.3 is 0 Å². The number of amides is 1. The van der Waals surface area contributed by atoms with Crippen LogP contribution in [0.3, 0.4) is 0 Å². The number of rotatable bonds is 10. The fourth-order valence-electron chi connectivity index (χ4n) is 3.54. The van der Waals surface area contributed by atoms with Crippen LogP contribution in [0.2, 0.25) is 5.02 Å². The Labute approximate surface area is 215 Å². The first-order valence-corrected chi connectivity index (χ1v) is 14.0. The van der Waals surface area contributed by atoms with Crippen LogP contribution in [0.1, 0.15) is 22.3 Å². The molecule has 0 saturated heterocycles. The normalized spacial score (nSPS) is 11.3. The third-order valence-electron chi connectivity index (χ3n) is 5.27. The number of thioether (sulfide) groups is 1. The molecule has 0 heterocycles. The Morgan fingerprint density at radius 1 is 1.00 bits per heavy atom. The average molecular weight is 535 g/mol. The zero-order valence-corrected chi connectivity index (χ0v) is 22.2. The lowest BCUT2D eigenvalue weighted by Gasteiger charge is -2.25. The summed E-state index contributed by atoms with van der Waals surface area (Å²) in [5, 5.41) is 3.14. The van der Waals surface area contributed by atoms with Crippen molar-refractivity contribution in [1.82, 2.24) is 5.32 Å². The van der Waals surface area contributed by atoms with E-state index in [0.717, 1.165) is 21.0 Å². The van der Waals surface area contributed by atoms with Gasteiger partial charge in [0.15, 0.2) is 0 Å². The number of nitrogens with zero attached hydrogens (tertiary/aromatic N) is 1. The summed E-state index contributed by atoms with van der Waals surface area (Å²) in [6.45, 7) is 5.59. The van der Waals surface area contributed by atoms with E-state index in [1.807, 2.05) is 26.8 Å². The van der Waals surface area contributed by atoms with E-state index in [2.05, 4.69) is 5.32 Å². The Bertz CT molecular complexity index is 1260. The molecule has 0 aliphatic heterocycles. The van der Waals surface area contributed by atoms with Crippen molar-refractivity contribution in [3.8, 4) is 0 Å². The van der Waals surface area contributed by atoms with Gasteiger partial charge in [0, 0.05) is 28.6 Å². The lowest BCUT2D eigenvalue weighted by atomic mass is 10.1. The highest BCUT2D eigenvalue weighted by molar-refractivity contribution is 7.98. The molecule has 1 amide bonds. The van der Waals surface area contributed by atoms with E-state index in [0.29, 0.717) is 34.3 Å². The van der Waals surface area contributed by atoms with Gasteiger partial charge in [0.1, 0.15) is 12.4 Å². The van der Waals surface area contributed by atoms with Gasteiger partial charge in [-0.25, -0.2) is 12.8 Å². The Morgan fingerprint density at radius 3 is 2.29 bits per heavy atom. The van der Waals surface area contributed by atoms with Crippen molar-refractivity contribution in [3.63, 3.8) is 0 Å². The second kappa shape index (κ2) is 11.9. The van der Waals surface area contributed by atoms with E-state index in [1.54, 1.807) is 48.5 Å². The highest BCUT2D eigenvalue weighted by atomic mass is 35.5. The summed E-state index contributed by atoms with van der Waals surface area (Å²) in [5.74, 6) is 0.103. The molecule has 0 aliphatic rings. The number of halogens is 2. The van der Waals surface area contributed by atoms with Gasteiger partial charge < -0.3 is 5.32 Å². The van der Waals surface area contributed by atoms with Crippen LogP contribution in [0.5, 0.6) is 0 Å². The molecule has 3 rings (SSSR count). The summed E-state index contributed by atoms with van der Waals surface area (Å²) < 4.78 is 42.0. The zero-order valence-electron chi connectivity index (χ0n) is 19.8. The van der Waals surface area contributed by atoms with Crippen molar-refractivity contribution in [1.29, 1.82) is 0 Å². The average Bonchev–Trinajstić information content (AvgIpc) is 2.78. The number of anilines is 1. The van der Waals surface area contributed by atoms with Crippen LogP contribution in [0.4, 0.5) is 10.1 Å². The van der Waals surface area contributed by atoms with Gasteiger partial charge in [-0.1, -0.05) is 41.4 Å². The summed E-state index contributed by atoms with van der Waals surface area (Å²) in [5.41, 5.74) is 3.59. The molecule has 0 aromatic heterocycles. The number of hydrogen-bond donors (Lipinski definition) is 1. The molecule has 0 unspecified atom stereocenters. The molecular formula is C26H28ClFN2O3S2. The van der Waals surface area contributed by atoms with Gasteiger partial charge in [0.05, 0.1) is 10.6 Å². The van der Waals surface area contributed by atoms with Crippen molar-refractivity contribution >= 4 is 45.0 Å². The lowest BCUT2D eigenvalue weighted by Crippen LogP contribution is -2.41. The Hall–Kier alpha value is -2.55. The number of nitrogens with one attached hydrogen (secondary N) is 1. The van der Waals surface area contributed by atoms with Gasteiger partial charge in [-0.2, -0.15) is 11.8 Å². The highest BCUT2D eigenvalue weighted by Gasteiger charge is 2.27. The molecule has 5 nitrogen and oxygen atoms in total. The monoisotopic (exact) mass is 534 g/mol. The molecule has 0 saturated carbocycles. The summed E-state index contributed by atoms with van der Waals surface area (Å²) in [4.78, 5) is 12.9. The van der Waals surface area contributed by atoms with Crippen molar-refractivity contribution < 1.29 is 17.6 Å². The minimum absolute atomic E-state index is 0.118.